The summed E-state index contributed by atoms with van der Waals surface area (Å²) in [6.07, 6.45) is 0. The molecule has 1 amide bonds. The molecule has 2 aromatic rings. The van der Waals surface area contributed by atoms with Crippen molar-refractivity contribution in [3.8, 4) is 11.5 Å². The number of halogens is 1. The smallest absolute Gasteiger partial charge is 0.260 e. The molecule has 6 heteroatoms. The Labute approximate surface area is 159 Å². The lowest BCUT2D eigenvalue weighted by molar-refractivity contribution is -0.133. The summed E-state index contributed by atoms with van der Waals surface area (Å²) in [6, 6.07) is 13.4. The molecule has 0 N–H and O–H groups in total. The Morgan fingerprint density at radius 2 is 1.85 bits per heavy atom. The molecule has 0 spiro atoms. The van der Waals surface area contributed by atoms with Crippen LogP contribution in [0.25, 0.3) is 0 Å². The number of carbonyl (C=O) groups excluding carboxylic acids is 1. The minimum absolute atomic E-state index is 0.00252. The highest BCUT2D eigenvalue weighted by Gasteiger charge is 2.23. The first-order valence-electron chi connectivity index (χ1n) is 8.63. The molecule has 1 heterocycles. The van der Waals surface area contributed by atoms with E-state index < -0.39 is 0 Å². The molecule has 3 rings (SSSR count). The summed E-state index contributed by atoms with van der Waals surface area (Å²) < 4.78 is 11.0. The summed E-state index contributed by atoms with van der Waals surface area (Å²) in [7, 11) is 1.68. The van der Waals surface area contributed by atoms with Crippen LogP contribution in [0.2, 0.25) is 5.02 Å². The summed E-state index contributed by atoms with van der Waals surface area (Å²) in [6.45, 7) is 4.82. The number of ether oxygens (including phenoxy) is 2. The van der Waals surface area contributed by atoms with E-state index in [4.69, 9.17) is 21.1 Å². The van der Waals surface area contributed by atoms with Crippen LogP contribution in [0.5, 0.6) is 11.5 Å². The van der Waals surface area contributed by atoms with Crippen LogP contribution < -0.4 is 14.4 Å². The fourth-order valence-corrected chi connectivity index (χ4v) is 3.15. The molecular weight excluding hydrogens is 352 g/mol. The second kappa shape index (κ2) is 8.32. The highest BCUT2D eigenvalue weighted by atomic mass is 35.5. The number of nitrogens with zero attached hydrogens (tertiary/aromatic N) is 2. The number of methoxy groups -OCH3 is 1. The van der Waals surface area contributed by atoms with Gasteiger partial charge in [-0.25, -0.2) is 0 Å². The van der Waals surface area contributed by atoms with Gasteiger partial charge in [0.05, 0.1) is 12.8 Å². The number of hydrogen-bond donors (Lipinski definition) is 0. The lowest BCUT2D eigenvalue weighted by atomic mass is 10.2. The van der Waals surface area contributed by atoms with Crippen molar-refractivity contribution in [2.45, 2.75) is 6.92 Å². The zero-order valence-electron chi connectivity index (χ0n) is 15.1. The molecule has 0 aliphatic carbocycles. The fraction of sp³-hybridized carbons (Fsp3) is 0.350. The van der Waals surface area contributed by atoms with Gasteiger partial charge in [-0.15, -0.1) is 0 Å². The maximum atomic E-state index is 12.4. The number of anilines is 1. The van der Waals surface area contributed by atoms with E-state index in [0.29, 0.717) is 23.9 Å². The Morgan fingerprint density at radius 3 is 2.54 bits per heavy atom. The van der Waals surface area contributed by atoms with E-state index in [2.05, 4.69) is 4.90 Å². The first kappa shape index (κ1) is 18.4. The molecule has 1 saturated heterocycles. The number of piperazine rings is 1. The van der Waals surface area contributed by atoms with Gasteiger partial charge in [0.1, 0.15) is 11.5 Å². The number of amides is 1. The minimum atomic E-state index is -0.00252. The third-order valence-corrected chi connectivity index (χ3v) is 4.97. The van der Waals surface area contributed by atoms with Crippen LogP contribution in [0.4, 0.5) is 5.69 Å². The Bertz CT molecular complexity index is 773. The van der Waals surface area contributed by atoms with Gasteiger partial charge in [-0.1, -0.05) is 23.7 Å². The number of hydrogen-bond acceptors (Lipinski definition) is 4. The average molecular weight is 375 g/mol. The molecule has 1 aliphatic rings. The van der Waals surface area contributed by atoms with Crippen molar-refractivity contribution in [1.82, 2.24) is 4.90 Å². The number of rotatable bonds is 5. The number of aryl methyl sites for hydroxylation is 1. The van der Waals surface area contributed by atoms with Gasteiger partial charge in [0.25, 0.3) is 5.91 Å². The quantitative estimate of drug-likeness (QED) is 0.804. The molecule has 0 radical (unpaired) electrons. The molecule has 138 valence electrons. The van der Waals surface area contributed by atoms with E-state index in [1.165, 1.54) is 0 Å². The van der Waals surface area contributed by atoms with E-state index in [-0.39, 0.29) is 12.5 Å². The van der Waals surface area contributed by atoms with E-state index >= 15 is 0 Å². The Morgan fingerprint density at radius 1 is 1.12 bits per heavy atom. The second-order valence-electron chi connectivity index (χ2n) is 6.24. The molecule has 0 aromatic heterocycles. The van der Waals surface area contributed by atoms with Crippen molar-refractivity contribution in [2.24, 2.45) is 0 Å². The maximum absolute atomic E-state index is 12.4. The zero-order chi connectivity index (χ0) is 18.5. The van der Waals surface area contributed by atoms with Crippen molar-refractivity contribution < 1.29 is 14.3 Å². The van der Waals surface area contributed by atoms with Gasteiger partial charge in [-0.2, -0.15) is 0 Å². The summed E-state index contributed by atoms with van der Waals surface area (Å²) in [4.78, 5) is 16.5. The fourth-order valence-electron chi connectivity index (χ4n) is 3.03. The van der Waals surface area contributed by atoms with Gasteiger partial charge in [0.2, 0.25) is 0 Å². The van der Waals surface area contributed by atoms with Crippen molar-refractivity contribution >= 4 is 23.2 Å². The van der Waals surface area contributed by atoms with Crippen LogP contribution in [0.1, 0.15) is 5.56 Å². The van der Waals surface area contributed by atoms with E-state index in [0.717, 1.165) is 30.1 Å². The molecule has 2 aromatic carbocycles. The minimum Gasteiger partial charge on any atom is -0.495 e. The van der Waals surface area contributed by atoms with Crippen LogP contribution in [0.15, 0.2) is 42.5 Å². The molecule has 0 bridgehead atoms. The van der Waals surface area contributed by atoms with Crippen LogP contribution in [-0.2, 0) is 4.79 Å². The monoisotopic (exact) mass is 374 g/mol. The van der Waals surface area contributed by atoms with Crippen LogP contribution >= 0.6 is 11.6 Å². The largest absolute Gasteiger partial charge is 0.495 e. The van der Waals surface area contributed by atoms with Gasteiger partial charge in [0.15, 0.2) is 6.61 Å². The summed E-state index contributed by atoms with van der Waals surface area (Å²) in [5, 5.41) is 0.691. The zero-order valence-corrected chi connectivity index (χ0v) is 15.8. The first-order valence-corrected chi connectivity index (χ1v) is 9.01. The third kappa shape index (κ3) is 4.22. The molecule has 0 atom stereocenters. The Kier molecular flexibility index (Phi) is 5.89. The second-order valence-corrected chi connectivity index (χ2v) is 6.65. The van der Waals surface area contributed by atoms with Crippen molar-refractivity contribution in [3.05, 3.63) is 53.1 Å². The first-order chi connectivity index (χ1) is 12.6. The van der Waals surface area contributed by atoms with E-state index in [9.17, 15) is 4.79 Å². The number of carbonyl (C=O) groups is 1. The molecular formula is C20H23ClN2O3. The van der Waals surface area contributed by atoms with Crippen LogP contribution in [0.3, 0.4) is 0 Å². The molecule has 1 fully saturated rings. The molecule has 5 nitrogen and oxygen atoms in total. The third-order valence-electron chi connectivity index (χ3n) is 4.55. The van der Waals surface area contributed by atoms with Crippen LogP contribution in [0, 0.1) is 6.92 Å². The van der Waals surface area contributed by atoms with Crippen molar-refractivity contribution in [3.63, 3.8) is 0 Å². The lowest BCUT2D eigenvalue weighted by Gasteiger charge is -2.36. The SMILES string of the molecule is COc1ccccc1N1CCN(C(=O)COc2ccc(Cl)c(C)c2)CC1. The topological polar surface area (TPSA) is 42.0 Å². The highest BCUT2D eigenvalue weighted by Crippen LogP contribution is 2.28. The standard InChI is InChI=1S/C20H23ClN2O3/c1-15-13-16(7-8-17(15)21)26-14-20(24)23-11-9-22(10-12-23)18-5-3-4-6-19(18)25-2/h3-8,13H,9-12,14H2,1-2H3. The van der Waals surface area contributed by atoms with Crippen LogP contribution in [-0.4, -0.2) is 50.7 Å². The molecule has 0 saturated carbocycles. The lowest BCUT2D eigenvalue weighted by Crippen LogP contribution is -2.50. The van der Waals surface area contributed by atoms with Gasteiger partial charge in [0, 0.05) is 31.2 Å². The van der Waals surface area contributed by atoms with E-state index in [1.54, 1.807) is 19.2 Å². The van der Waals surface area contributed by atoms with Gasteiger partial charge >= 0.3 is 0 Å². The predicted molar refractivity (Wildman–Crippen MR) is 103 cm³/mol. The average Bonchev–Trinajstić information content (AvgIpc) is 2.68. The Balaban J connectivity index is 1.52. The normalized spacial score (nSPS) is 14.3. The van der Waals surface area contributed by atoms with E-state index in [1.807, 2.05) is 42.2 Å². The Hall–Kier alpha value is -2.40. The predicted octanol–water partition coefficient (Wildman–Crippen LogP) is 3.38. The number of benzene rings is 2. The molecule has 26 heavy (non-hydrogen) atoms. The summed E-state index contributed by atoms with van der Waals surface area (Å²) in [5.41, 5.74) is 2.00. The van der Waals surface area contributed by atoms with Crippen molar-refractivity contribution in [1.29, 1.82) is 0 Å². The number of para-hydroxylation sites is 2. The van der Waals surface area contributed by atoms with Crippen molar-refractivity contribution in [2.75, 3.05) is 44.8 Å². The maximum Gasteiger partial charge on any atom is 0.260 e. The van der Waals surface area contributed by atoms with Gasteiger partial charge in [-0.3, -0.25) is 4.79 Å². The van der Waals surface area contributed by atoms with Gasteiger partial charge in [-0.05, 0) is 42.8 Å². The van der Waals surface area contributed by atoms with Gasteiger partial charge < -0.3 is 19.3 Å². The molecule has 1 aliphatic heterocycles. The summed E-state index contributed by atoms with van der Waals surface area (Å²) >= 11 is 6.01. The highest BCUT2D eigenvalue weighted by molar-refractivity contribution is 6.31. The molecule has 0 unspecified atom stereocenters. The summed E-state index contributed by atoms with van der Waals surface area (Å²) in [5.74, 6) is 1.51.